The van der Waals surface area contributed by atoms with E-state index in [1.807, 2.05) is 0 Å². The molecular weight excluding hydrogens is 196 g/mol. The summed E-state index contributed by atoms with van der Waals surface area (Å²) in [6.07, 6.45) is 3.76. The molecule has 1 fully saturated rings. The van der Waals surface area contributed by atoms with Gasteiger partial charge in [0.2, 0.25) is 0 Å². The lowest BCUT2D eigenvalue weighted by Gasteiger charge is -2.43. The lowest BCUT2D eigenvalue weighted by atomic mass is 9.61. The molecule has 0 amide bonds. The molecule has 1 N–H and O–H groups in total. The van der Waals surface area contributed by atoms with Gasteiger partial charge in [0.25, 0.3) is 0 Å². The Bertz CT molecular complexity index is 326. The fourth-order valence-corrected chi connectivity index (χ4v) is 4.62. The highest BCUT2D eigenvalue weighted by molar-refractivity contribution is 5.26. The molecule has 0 radical (unpaired) electrons. The van der Waals surface area contributed by atoms with Crippen LogP contribution in [0.5, 0.6) is 0 Å². The number of hydrogen-bond acceptors (Lipinski definition) is 1. The van der Waals surface area contributed by atoms with Gasteiger partial charge in [0.15, 0.2) is 0 Å². The Morgan fingerprint density at radius 2 is 1.88 bits per heavy atom. The third kappa shape index (κ3) is 1.48. The van der Waals surface area contributed by atoms with Crippen LogP contribution in [0.1, 0.15) is 53.9 Å². The van der Waals surface area contributed by atoms with Crippen LogP contribution in [0.25, 0.3) is 0 Å². The van der Waals surface area contributed by atoms with Gasteiger partial charge in [-0.15, -0.1) is 0 Å². The van der Waals surface area contributed by atoms with Crippen molar-refractivity contribution in [3.63, 3.8) is 0 Å². The summed E-state index contributed by atoms with van der Waals surface area (Å²) in [5.74, 6) is 1.15. The largest absolute Gasteiger partial charge is 0.396 e. The van der Waals surface area contributed by atoms with Gasteiger partial charge in [-0.2, -0.15) is 0 Å². The first kappa shape index (κ1) is 12.2. The lowest BCUT2D eigenvalue weighted by molar-refractivity contribution is 0.111. The monoisotopic (exact) mass is 222 g/mol. The van der Waals surface area contributed by atoms with Crippen molar-refractivity contribution in [3.05, 3.63) is 11.1 Å². The molecule has 0 aliphatic heterocycles. The van der Waals surface area contributed by atoms with Crippen LogP contribution in [-0.2, 0) is 0 Å². The van der Waals surface area contributed by atoms with Crippen molar-refractivity contribution < 1.29 is 5.11 Å². The van der Waals surface area contributed by atoms with Gasteiger partial charge in [-0.3, -0.25) is 0 Å². The van der Waals surface area contributed by atoms with Gasteiger partial charge in [-0.25, -0.2) is 0 Å². The first-order chi connectivity index (χ1) is 7.33. The molecule has 2 rings (SSSR count). The predicted molar refractivity (Wildman–Crippen MR) is 68.2 cm³/mol. The molecule has 0 spiro atoms. The van der Waals surface area contributed by atoms with Gasteiger partial charge in [-0.05, 0) is 55.8 Å². The number of aliphatic hydroxyl groups is 1. The molecule has 0 heterocycles. The Hall–Kier alpha value is -0.300. The molecule has 92 valence electrons. The highest BCUT2D eigenvalue weighted by Gasteiger charge is 2.56. The Balaban J connectivity index is 2.46. The molecule has 0 unspecified atom stereocenters. The third-order valence-corrected chi connectivity index (χ3v) is 5.60. The van der Waals surface area contributed by atoms with Crippen LogP contribution in [0.2, 0.25) is 0 Å². The van der Waals surface area contributed by atoms with Crippen molar-refractivity contribution in [2.75, 3.05) is 6.61 Å². The molecule has 0 saturated heterocycles. The second-order valence-corrected chi connectivity index (χ2v) is 6.96. The van der Waals surface area contributed by atoms with E-state index in [9.17, 15) is 5.11 Å². The first-order valence-corrected chi connectivity index (χ1v) is 6.60. The molecular formula is C15H26O. The second kappa shape index (κ2) is 3.60. The van der Waals surface area contributed by atoms with E-state index in [2.05, 4.69) is 34.6 Å². The molecule has 0 aromatic carbocycles. The zero-order chi connectivity index (χ0) is 12.1. The molecule has 16 heavy (non-hydrogen) atoms. The fourth-order valence-electron chi connectivity index (χ4n) is 4.62. The van der Waals surface area contributed by atoms with Crippen molar-refractivity contribution in [1.82, 2.24) is 0 Å². The van der Waals surface area contributed by atoms with Crippen LogP contribution in [0.3, 0.4) is 0 Å². The van der Waals surface area contributed by atoms with Crippen molar-refractivity contribution in [1.29, 1.82) is 0 Å². The van der Waals surface area contributed by atoms with Gasteiger partial charge < -0.3 is 5.11 Å². The standard InChI is InChI=1S/C15H26O/c1-10-6-7-15(5)8-12(9-16)14(3,4)13(15)11(10)2/h12-13,16H,6-9H2,1-5H3/t12-,13+,15+/m1/s1. The second-order valence-electron chi connectivity index (χ2n) is 6.96. The van der Waals surface area contributed by atoms with Gasteiger partial charge in [-0.1, -0.05) is 31.9 Å². The lowest BCUT2D eigenvalue weighted by Crippen LogP contribution is -2.35. The number of allylic oxidation sites excluding steroid dienone is 2. The molecule has 3 atom stereocenters. The maximum absolute atomic E-state index is 9.60. The number of aliphatic hydroxyl groups excluding tert-OH is 1. The summed E-state index contributed by atoms with van der Waals surface area (Å²) in [7, 11) is 0. The van der Waals surface area contributed by atoms with Crippen molar-refractivity contribution in [2.45, 2.75) is 53.9 Å². The minimum atomic E-state index is 0.259. The van der Waals surface area contributed by atoms with Crippen LogP contribution in [0.15, 0.2) is 11.1 Å². The molecule has 0 aromatic heterocycles. The average molecular weight is 222 g/mol. The van der Waals surface area contributed by atoms with E-state index < -0.39 is 0 Å². The maximum Gasteiger partial charge on any atom is 0.0464 e. The average Bonchev–Trinajstić information content (AvgIpc) is 2.41. The van der Waals surface area contributed by atoms with Crippen LogP contribution < -0.4 is 0 Å². The van der Waals surface area contributed by atoms with Crippen LogP contribution >= 0.6 is 0 Å². The van der Waals surface area contributed by atoms with E-state index in [0.29, 0.717) is 23.9 Å². The van der Waals surface area contributed by atoms with E-state index in [1.54, 1.807) is 11.1 Å². The topological polar surface area (TPSA) is 20.2 Å². The van der Waals surface area contributed by atoms with Gasteiger partial charge in [0, 0.05) is 6.61 Å². The Labute approximate surface area is 99.9 Å². The molecule has 1 nitrogen and oxygen atoms in total. The summed E-state index contributed by atoms with van der Waals surface area (Å²) in [5.41, 5.74) is 3.89. The molecule has 1 saturated carbocycles. The first-order valence-electron chi connectivity index (χ1n) is 6.60. The van der Waals surface area contributed by atoms with Gasteiger partial charge in [0.05, 0.1) is 0 Å². The van der Waals surface area contributed by atoms with E-state index in [1.165, 1.54) is 19.3 Å². The molecule has 1 heteroatoms. The Morgan fingerprint density at radius 1 is 1.25 bits per heavy atom. The molecule has 0 aromatic rings. The van der Waals surface area contributed by atoms with Crippen molar-refractivity contribution in [2.24, 2.45) is 22.7 Å². The zero-order valence-corrected chi connectivity index (χ0v) is 11.4. The highest BCUT2D eigenvalue weighted by Crippen LogP contribution is 2.63. The van der Waals surface area contributed by atoms with E-state index in [-0.39, 0.29) is 5.41 Å². The number of hydrogen-bond donors (Lipinski definition) is 1. The summed E-state index contributed by atoms with van der Waals surface area (Å²) in [4.78, 5) is 0. The van der Waals surface area contributed by atoms with E-state index in [0.717, 1.165) is 0 Å². The predicted octanol–water partition coefficient (Wildman–Crippen LogP) is 3.78. The minimum Gasteiger partial charge on any atom is -0.396 e. The zero-order valence-electron chi connectivity index (χ0n) is 11.4. The normalized spacial score (nSPS) is 42.4. The number of fused-ring (bicyclic) bond motifs is 1. The smallest absolute Gasteiger partial charge is 0.0464 e. The highest BCUT2D eigenvalue weighted by atomic mass is 16.3. The van der Waals surface area contributed by atoms with Crippen LogP contribution in [0, 0.1) is 22.7 Å². The maximum atomic E-state index is 9.60. The summed E-state index contributed by atoms with van der Waals surface area (Å²) in [6, 6.07) is 0. The minimum absolute atomic E-state index is 0.259. The summed E-state index contributed by atoms with van der Waals surface area (Å²) >= 11 is 0. The summed E-state index contributed by atoms with van der Waals surface area (Å²) < 4.78 is 0. The SMILES string of the molecule is CC1=C(C)[C@H]2C(C)(C)[C@@H](CO)C[C@]2(C)CC1. The van der Waals surface area contributed by atoms with Crippen LogP contribution in [0.4, 0.5) is 0 Å². The number of rotatable bonds is 1. The Kier molecular flexibility index (Phi) is 2.73. The fraction of sp³-hybridized carbons (Fsp3) is 0.867. The third-order valence-electron chi connectivity index (χ3n) is 5.60. The quantitative estimate of drug-likeness (QED) is 0.669. The van der Waals surface area contributed by atoms with Crippen LogP contribution in [-0.4, -0.2) is 11.7 Å². The van der Waals surface area contributed by atoms with Gasteiger partial charge in [0.1, 0.15) is 0 Å². The van der Waals surface area contributed by atoms with Crippen molar-refractivity contribution in [3.8, 4) is 0 Å². The van der Waals surface area contributed by atoms with Crippen molar-refractivity contribution >= 4 is 0 Å². The summed E-state index contributed by atoms with van der Waals surface area (Å²) in [5, 5.41) is 9.60. The molecule has 2 aliphatic rings. The molecule has 0 bridgehead atoms. The summed E-state index contributed by atoms with van der Waals surface area (Å²) in [6.45, 7) is 12.1. The van der Waals surface area contributed by atoms with E-state index >= 15 is 0 Å². The molecule has 2 aliphatic carbocycles. The van der Waals surface area contributed by atoms with Gasteiger partial charge >= 0.3 is 0 Å². The van der Waals surface area contributed by atoms with E-state index in [4.69, 9.17) is 0 Å². The Morgan fingerprint density at radius 3 is 2.44 bits per heavy atom.